The van der Waals surface area contributed by atoms with Gasteiger partial charge in [0.25, 0.3) is 0 Å². The number of carbonyl (C=O) groups is 2. The van der Waals surface area contributed by atoms with Gasteiger partial charge in [0.15, 0.2) is 0 Å². The molecule has 0 saturated heterocycles. The first kappa shape index (κ1) is 48.7. The van der Waals surface area contributed by atoms with Gasteiger partial charge in [-0.2, -0.15) is 0 Å². The molecule has 0 radical (unpaired) electrons. The van der Waals surface area contributed by atoms with Gasteiger partial charge in [-0.05, 0) is 112 Å². The minimum atomic E-state index is -2.91. The van der Waals surface area contributed by atoms with E-state index in [1.807, 2.05) is 20.8 Å². The molecular formula is C35H44O8P2S2-2. The smallest absolute Gasteiger partial charge is 0.133 e. The second-order valence-electron chi connectivity index (χ2n) is 9.35. The first-order chi connectivity index (χ1) is 22.1. The summed E-state index contributed by atoms with van der Waals surface area (Å²) >= 11 is 9.31. The molecule has 0 rings (SSSR count). The van der Waals surface area contributed by atoms with Gasteiger partial charge >= 0.3 is 0 Å². The number of ketones is 2. The second kappa shape index (κ2) is 31.9. The molecule has 0 N–H and O–H groups in total. The maximum atomic E-state index is 11.4. The lowest BCUT2D eigenvalue weighted by Crippen LogP contribution is -2.26. The standard InChI is InChI=1S/C16H6.C10H21O4PS.C9H19O4PS/c1-3-5-7-9-11-13-15-16-14-12-10-8-6-4-2;1-5-10(11)6-9(8(2)13-3)7-14-15(4,12)16;1-4-9(10)5-8(6-12-2)7-13-14(3,11)15/h1-2H3;8-9H,5-7H2,1-4H3,(H,12,16);8H,4-7H2,1-3H3,(H,11,15)/p-2/t;8-,9-,15?;8-,14?/m.10/s1. The van der Waals surface area contributed by atoms with Crippen molar-refractivity contribution < 1.29 is 37.6 Å². The molecule has 2 unspecified atom stereocenters. The number of Topliss-reactive ketones (excluding diaryl/α,β-unsaturated/α-hetero) is 2. The number of ether oxygens (including phenoxy) is 2. The van der Waals surface area contributed by atoms with Crippen LogP contribution in [0.5, 0.6) is 0 Å². The Morgan fingerprint density at radius 3 is 1.47 bits per heavy atom. The van der Waals surface area contributed by atoms with E-state index in [4.69, 9.17) is 18.5 Å². The summed E-state index contributed by atoms with van der Waals surface area (Å²) < 4.78 is 31.5. The highest BCUT2D eigenvalue weighted by atomic mass is 32.7. The molecule has 0 aromatic heterocycles. The summed E-state index contributed by atoms with van der Waals surface area (Å²) in [5, 5.41) is 0. The van der Waals surface area contributed by atoms with Crippen LogP contribution < -0.4 is 4.89 Å². The zero-order chi connectivity index (χ0) is 36.6. The van der Waals surface area contributed by atoms with Crippen molar-refractivity contribution in [3.63, 3.8) is 0 Å². The normalized spacial score (nSPS) is 13.2. The van der Waals surface area contributed by atoms with Crippen LogP contribution in [0.25, 0.3) is 0 Å². The van der Waals surface area contributed by atoms with Gasteiger partial charge in [0.05, 0.1) is 32.5 Å². The Balaban J connectivity index is -0.000000618. The second-order valence-corrected chi connectivity index (χ2v) is 16.9. The first-order valence-electron chi connectivity index (χ1n) is 14.3. The van der Waals surface area contributed by atoms with E-state index in [9.17, 15) is 19.0 Å². The van der Waals surface area contributed by atoms with E-state index in [1.54, 1.807) is 28.1 Å². The third kappa shape index (κ3) is 39.4. The van der Waals surface area contributed by atoms with Crippen LogP contribution in [0.1, 0.15) is 60.3 Å². The predicted octanol–water partition coefficient (Wildman–Crippen LogP) is 4.38. The quantitative estimate of drug-likeness (QED) is 0.130. The Bertz CT molecular complexity index is 1440. The Morgan fingerprint density at radius 2 is 1.15 bits per heavy atom. The molecule has 0 aromatic carbocycles. The van der Waals surface area contributed by atoms with Gasteiger partial charge in [-0.1, -0.05) is 37.5 Å². The fraction of sp³-hybridized carbons (Fsp3) is 0.543. The highest BCUT2D eigenvalue weighted by Gasteiger charge is 2.21. The van der Waals surface area contributed by atoms with Gasteiger partial charge < -0.3 is 40.2 Å². The summed E-state index contributed by atoms with van der Waals surface area (Å²) in [7, 11) is 3.13. The molecule has 5 atom stereocenters. The first-order valence-corrected chi connectivity index (χ1v) is 20.5. The largest absolute Gasteiger partial charge is 0.801 e. The number of carbonyl (C=O) groups excluding carboxylic acids is 2. The molecule has 8 nitrogen and oxygen atoms in total. The van der Waals surface area contributed by atoms with E-state index < -0.39 is 13.1 Å². The van der Waals surface area contributed by atoms with E-state index in [2.05, 4.69) is 107 Å². The SMILES string of the molecule is CC#CC#CC#CC#CC#CC#CC#CC.CCC(=O)C[C@@H](COC)COP(C)([O-])=S.CCC(=O)C[C@H](COP(C)(=O)[S-])[C@@H](C)OC. The molecule has 0 amide bonds. The Kier molecular flexibility index (Phi) is 33.0. The van der Waals surface area contributed by atoms with Crippen LogP contribution in [0.15, 0.2) is 0 Å². The van der Waals surface area contributed by atoms with Crippen LogP contribution >= 0.6 is 13.1 Å². The molecule has 0 heterocycles. The lowest BCUT2D eigenvalue weighted by molar-refractivity contribution is -0.182. The molecule has 0 aliphatic carbocycles. The highest BCUT2D eigenvalue weighted by molar-refractivity contribution is 8.34. The summed E-state index contributed by atoms with van der Waals surface area (Å²) in [5.74, 6) is 35.7. The summed E-state index contributed by atoms with van der Waals surface area (Å²) in [6.45, 7) is 6.74. The third-order valence-electron chi connectivity index (χ3n) is 5.24. The average molecular weight is 719 g/mol. The number of hydrogen-bond acceptors (Lipinski definition) is 10. The van der Waals surface area contributed by atoms with Crippen molar-refractivity contribution in [1.29, 1.82) is 0 Å². The molecule has 256 valence electrons. The Labute approximate surface area is 293 Å². The maximum absolute atomic E-state index is 11.4. The lowest BCUT2D eigenvalue weighted by Gasteiger charge is -2.26. The number of hydrogen-bond donors (Lipinski definition) is 0. The van der Waals surface area contributed by atoms with Gasteiger partial charge in [-0.3, -0.25) is 9.59 Å². The number of methoxy groups -OCH3 is 2. The van der Waals surface area contributed by atoms with Gasteiger partial charge in [-0.15, -0.1) is 0 Å². The molecule has 12 heteroatoms. The van der Waals surface area contributed by atoms with E-state index in [0.29, 0.717) is 32.3 Å². The van der Waals surface area contributed by atoms with E-state index in [0.717, 1.165) is 0 Å². The average Bonchev–Trinajstić information content (AvgIpc) is 3.01. The van der Waals surface area contributed by atoms with Crippen molar-refractivity contribution in [2.75, 3.05) is 47.4 Å². The van der Waals surface area contributed by atoms with Crippen LogP contribution in [0, 0.1) is 94.7 Å². The Morgan fingerprint density at radius 1 is 0.745 bits per heavy atom. The van der Waals surface area contributed by atoms with Crippen molar-refractivity contribution in [2.24, 2.45) is 11.8 Å². The van der Waals surface area contributed by atoms with Crippen molar-refractivity contribution >= 4 is 48.7 Å². The zero-order valence-electron chi connectivity index (χ0n) is 28.7. The summed E-state index contributed by atoms with van der Waals surface area (Å²) in [6.07, 6.45) is 1.64. The van der Waals surface area contributed by atoms with Crippen LogP contribution in [-0.2, 0) is 56.7 Å². The maximum Gasteiger partial charge on any atom is 0.133 e. The third-order valence-corrected chi connectivity index (χ3v) is 7.11. The van der Waals surface area contributed by atoms with Gasteiger partial charge in [-0.25, -0.2) is 0 Å². The zero-order valence-corrected chi connectivity index (χ0v) is 32.1. The van der Waals surface area contributed by atoms with Crippen LogP contribution in [0.4, 0.5) is 0 Å². The van der Waals surface area contributed by atoms with Crippen molar-refractivity contribution in [2.45, 2.75) is 66.4 Å². The molecule has 0 fully saturated rings. The molecule has 0 bridgehead atoms. The van der Waals surface area contributed by atoms with Crippen molar-refractivity contribution in [1.82, 2.24) is 0 Å². The van der Waals surface area contributed by atoms with Crippen LogP contribution in [0.3, 0.4) is 0 Å². The summed E-state index contributed by atoms with van der Waals surface area (Å²) in [5.41, 5.74) is 0. The van der Waals surface area contributed by atoms with Gasteiger partial charge in [0.2, 0.25) is 0 Å². The minimum Gasteiger partial charge on any atom is -0.801 e. The fourth-order valence-electron chi connectivity index (χ4n) is 2.77. The van der Waals surface area contributed by atoms with Crippen LogP contribution in [0.2, 0.25) is 0 Å². The van der Waals surface area contributed by atoms with E-state index >= 15 is 0 Å². The molecular weight excluding hydrogens is 674 g/mol. The molecule has 0 saturated carbocycles. The molecule has 0 aliphatic heterocycles. The number of rotatable bonds is 16. The molecule has 0 aliphatic rings. The van der Waals surface area contributed by atoms with E-state index in [-0.39, 0.29) is 42.7 Å². The topological polar surface area (TPSA) is 111 Å². The van der Waals surface area contributed by atoms with Crippen LogP contribution in [-0.4, -0.2) is 65.0 Å². The summed E-state index contributed by atoms with van der Waals surface area (Å²) in [6, 6.07) is 0. The lowest BCUT2D eigenvalue weighted by atomic mass is 9.97. The van der Waals surface area contributed by atoms with Gasteiger partial charge in [0.1, 0.15) is 11.6 Å². The minimum absolute atomic E-state index is 0.0568. The van der Waals surface area contributed by atoms with Gasteiger partial charge in [0, 0.05) is 51.7 Å². The van der Waals surface area contributed by atoms with Crippen molar-refractivity contribution in [3.8, 4) is 82.9 Å². The predicted molar refractivity (Wildman–Crippen MR) is 194 cm³/mol. The summed E-state index contributed by atoms with van der Waals surface area (Å²) in [4.78, 5) is 33.7. The molecule has 0 aromatic rings. The van der Waals surface area contributed by atoms with Crippen molar-refractivity contribution in [3.05, 3.63) is 0 Å². The highest BCUT2D eigenvalue weighted by Crippen LogP contribution is 2.40. The van der Waals surface area contributed by atoms with E-state index in [1.165, 1.54) is 13.3 Å². The molecule has 0 spiro atoms. The fourth-order valence-corrected chi connectivity index (χ4v) is 4.08. The Hall–Kier alpha value is -2.71. The molecule has 47 heavy (non-hydrogen) atoms. The monoisotopic (exact) mass is 718 g/mol.